The van der Waals surface area contributed by atoms with Gasteiger partial charge < -0.3 is 15.7 Å². The van der Waals surface area contributed by atoms with E-state index in [4.69, 9.17) is 5.11 Å². The van der Waals surface area contributed by atoms with Gasteiger partial charge in [0.2, 0.25) is 5.91 Å². The largest absolute Gasteiger partial charge is 0.481 e. The number of carbonyl (C=O) groups is 3. The molecule has 1 aromatic carbocycles. The molecular formula is C17H21FN2O4. The fourth-order valence-corrected chi connectivity index (χ4v) is 2.34. The van der Waals surface area contributed by atoms with Crippen molar-refractivity contribution in [3.8, 4) is 0 Å². The summed E-state index contributed by atoms with van der Waals surface area (Å²) in [6.07, 6.45) is 1.08. The van der Waals surface area contributed by atoms with Crippen molar-refractivity contribution in [3.63, 3.8) is 0 Å². The minimum absolute atomic E-state index is 0.0524. The van der Waals surface area contributed by atoms with Crippen molar-refractivity contribution in [1.82, 2.24) is 10.6 Å². The van der Waals surface area contributed by atoms with E-state index in [-0.39, 0.29) is 18.0 Å². The Bertz CT molecular complexity index is 638. The summed E-state index contributed by atoms with van der Waals surface area (Å²) in [6, 6.07) is 4.21. The lowest BCUT2D eigenvalue weighted by Crippen LogP contribution is -2.51. The van der Waals surface area contributed by atoms with Gasteiger partial charge in [-0.25, -0.2) is 4.39 Å². The third-order valence-corrected chi connectivity index (χ3v) is 4.25. The summed E-state index contributed by atoms with van der Waals surface area (Å²) in [7, 11) is 0. The predicted molar refractivity (Wildman–Crippen MR) is 84.8 cm³/mol. The zero-order valence-corrected chi connectivity index (χ0v) is 13.6. The molecule has 0 bridgehead atoms. The number of benzene rings is 1. The quantitative estimate of drug-likeness (QED) is 0.704. The lowest BCUT2D eigenvalue weighted by molar-refractivity contribution is -0.143. The fraction of sp³-hybridized carbons (Fsp3) is 0.471. The Morgan fingerprint density at radius 3 is 2.25 bits per heavy atom. The summed E-state index contributed by atoms with van der Waals surface area (Å²) in [5.74, 6) is -2.46. The van der Waals surface area contributed by atoms with Crippen LogP contribution in [0.25, 0.3) is 0 Å². The van der Waals surface area contributed by atoms with E-state index in [1.807, 2.05) is 0 Å². The first kappa shape index (κ1) is 17.9. The molecule has 1 aliphatic rings. The molecule has 1 saturated carbocycles. The summed E-state index contributed by atoms with van der Waals surface area (Å²) < 4.78 is 12.9. The molecule has 1 atom stereocenters. The number of carboxylic acids is 1. The van der Waals surface area contributed by atoms with Crippen molar-refractivity contribution in [2.45, 2.75) is 32.7 Å². The molecule has 0 spiro atoms. The van der Waals surface area contributed by atoms with Gasteiger partial charge in [-0.3, -0.25) is 14.4 Å². The molecule has 0 saturated heterocycles. The van der Waals surface area contributed by atoms with Gasteiger partial charge in [0.15, 0.2) is 0 Å². The molecule has 1 fully saturated rings. The van der Waals surface area contributed by atoms with Crippen LogP contribution in [0, 0.1) is 17.2 Å². The highest BCUT2D eigenvalue weighted by Crippen LogP contribution is 2.45. The standard InChI is InChI=1S/C17H21FN2O4/c1-10(2)13(15(22)19-9-17(7-8-17)16(23)24)20-14(21)11-3-5-12(18)6-4-11/h3-6,10,13H,7-9H2,1-2H3,(H,19,22)(H,20,21)(H,23,24). The highest BCUT2D eigenvalue weighted by Gasteiger charge is 2.50. The Hall–Kier alpha value is -2.44. The second-order valence-electron chi connectivity index (χ2n) is 6.51. The summed E-state index contributed by atoms with van der Waals surface area (Å²) >= 11 is 0. The molecule has 3 N–H and O–H groups in total. The molecule has 0 aromatic heterocycles. The molecular weight excluding hydrogens is 315 g/mol. The van der Waals surface area contributed by atoms with Gasteiger partial charge >= 0.3 is 5.97 Å². The van der Waals surface area contributed by atoms with Gasteiger partial charge in [-0.15, -0.1) is 0 Å². The maximum absolute atomic E-state index is 12.9. The number of nitrogens with one attached hydrogen (secondary N) is 2. The second-order valence-corrected chi connectivity index (χ2v) is 6.51. The van der Waals surface area contributed by atoms with E-state index in [9.17, 15) is 18.8 Å². The summed E-state index contributed by atoms with van der Waals surface area (Å²) in [4.78, 5) is 35.7. The molecule has 1 unspecified atom stereocenters. The van der Waals surface area contributed by atoms with E-state index in [2.05, 4.69) is 10.6 Å². The third kappa shape index (κ3) is 4.10. The number of carbonyl (C=O) groups excluding carboxylic acids is 2. The topological polar surface area (TPSA) is 95.5 Å². The number of aliphatic carboxylic acids is 1. The first-order valence-electron chi connectivity index (χ1n) is 7.83. The van der Waals surface area contributed by atoms with Crippen LogP contribution in [0.15, 0.2) is 24.3 Å². The van der Waals surface area contributed by atoms with Crippen LogP contribution in [0.1, 0.15) is 37.0 Å². The maximum Gasteiger partial charge on any atom is 0.311 e. The average Bonchev–Trinajstić information content (AvgIpc) is 3.31. The molecule has 2 amide bonds. The van der Waals surface area contributed by atoms with Gasteiger partial charge in [0.1, 0.15) is 11.9 Å². The van der Waals surface area contributed by atoms with Crippen molar-refractivity contribution in [2.75, 3.05) is 6.54 Å². The van der Waals surface area contributed by atoms with E-state index in [0.29, 0.717) is 12.8 Å². The summed E-state index contributed by atoms with van der Waals surface area (Å²) in [5, 5.41) is 14.4. The molecule has 24 heavy (non-hydrogen) atoms. The molecule has 0 heterocycles. The molecule has 0 radical (unpaired) electrons. The molecule has 6 nitrogen and oxygen atoms in total. The minimum Gasteiger partial charge on any atom is -0.481 e. The van der Waals surface area contributed by atoms with Gasteiger partial charge in [0.25, 0.3) is 5.91 Å². The zero-order chi connectivity index (χ0) is 17.9. The predicted octanol–water partition coefficient (Wildman–Crippen LogP) is 1.56. The van der Waals surface area contributed by atoms with Crippen LogP contribution < -0.4 is 10.6 Å². The van der Waals surface area contributed by atoms with Crippen LogP contribution in [0.4, 0.5) is 4.39 Å². The lowest BCUT2D eigenvalue weighted by Gasteiger charge is -2.22. The van der Waals surface area contributed by atoms with Gasteiger partial charge in [0.05, 0.1) is 5.41 Å². The number of hydrogen-bond donors (Lipinski definition) is 3. The Balaban J connectivity index is 1.98. The van der Waals surface area contributed by atoms with E-state index < -0.39 is 35.1 Å². The third-order valence-electron chi connectivity index (χ3n) is 4.25. The Morgan fingerprint density at radius 2 is 1.79 bits per heavy atom. The van der Waals surface area contributed by atoms with Crippen molar-refractivity contribution >= 4 is 17.8 Å². The molecule has 1 aromatic rings. The summed E-state index contributed by atoms with van der Waals surface area (Å²) in [5.41, 5.74) is -0.614. The Labute approximate surface area is 139 Å². The van der Waals surface area contributed by atoms with Crippen LogP contribution in [0.3, 0.4) is 0 Å². The number of rotatable bonds is 7. The average molecular weight is 336 g/mol. The first-order chi connectivity index (χ1) is 11.2. The fourth-order valence-electron chi connectivity index (χ4n) is 2.34. The van der Waals surface area contributed by atoms with Crippen molar-refractivity contribution in [2.24, 2.45) is 11.3 Å². The van der Waals surface area contributed by atoms with Crippen LogP contribution >= 0.6 is 0 Å². The van der Waals surface area contributed by atoms with Crippen LogP contribution in [0.5, 0.6) is 0 Å². The molecule has 1 aliphatic carbocycles. The Morgan fingerprint density at radius 1 is 1.21 bits per heavy atom. The van der Waals surface area contributed by atoms with Gasteiger partial charge in [0, 0.05) is 12.1 Å². The van der Waals surface area contributed by atoms with Crippen molar-refractivity contribution in [3.05, 3.63) is 35.6 Å². The van der Waals surface area contributed by atoms with E-state index in [0.717, 1.165) is 0 Å². The minimum atomic E-state index is -0.917. The SMILES string of the molecule is CC(C)C(NC(=O)c1ccc(F)cc1)C(=O)NCC1(C(=O)O)CC1. The highest BCUT2D eigenvalue weighted by molar-refractivity contribution is 5.97. The van der Waals surface area contributed by atoms with Gasteiger partial charge in [-0.1, -0.05) is 13.8 Å². The van der Waals surface area contributed by atoms with E-state index in [1.54, 1.807) is 13.8 Å². The smallest absolute Gasteiger partial charge is 0.311 e. The number of halogens is 1. The van der Waals surface area contributed by atoms with Crippen molar-refractivity contribution in [1.29, 1.82) is 0 Å². The molecule has 2 rings (SSSR count). The van der Waals surface area contributed by atoms with Crippen LogP contribution in [0.2, 0.25) is 0 Å². The van der Waals surface area contributed by atoms with Crippen LogP contribution in [-0.4, -0.2) is 35.5 Å². The maximum atomic E-state index is 12.9. The van der Waals surface area contributed by atoms with E-state index in [1.165, 1.54) is 24.3 Å². The summed E-state index contributed by atoms with van der Waals surface area (Å²) in [6.45, 7) is 3.61. The normalized spacial score (nSPS) is 16.3. The second kappa shape index (κ2) is 6.98. The van der Waals surface area contributed by atoms with Gasteiger partial charge in [-0.05, 0) is 43.0 Å². The molecule has 130 valence electrons. The monoisotopic (exact) mass is 336 g/mol. The zero-order valence-electron chi connectivity index (χ0n) is 13.6. The highest BCUT2D eigenvalue weighted by atomic mass is 19.1. The molecule has 0 aliphatic heterocycles. The Kier molecular flexibility index (Phi) is 5.21. The van der Waals surface area contributed by atoms with Crippen molar-refractivity contribution < 1.29 is 23.9 Å². The van der Waals surface area contributed by atoms with E-state index >= 15 is 0 Å². The number of hydrogen-bond acceptors (Lipinski definition) is 3. The molecule has 7 heteroatoms. The first-order valence-corrected chi connectivity index (χ1v) is 7.83. The number of carboxylic acid groups (broad SMARTS) is 1. The van der Waals surface area contributed by atoms with Crippen LogP contribution in [-0.2, 0) is 9.59 Å². The van der Waals surface area contributed by atoms with Gasteiger partial charge in [-0.2, -0.15) is 0 Å². The lowest BCUT2D eigenvalue weighted by atomic mass is 10.0. The number of amides is 2.